The molecule has 1 aromatic carbocycles. The Balaban J connectivity index is 1.50. The van der Waals surface area contributed by atoms with Gasteiger partial charge in [0.1, 0.15) is 11.6 Å². The lowest BCUT2D eigenvalue weighted by atomic mass is 10.1. The van der Waals surface area contributed by atoms with Gasteiger partial charge >= 0.3 is 0 Å². The third-order valence-corrected chi connectivity index (χ3v) is 7.21. The molecule has 1 saturated heterocycles. The van der Waals surface area contributed by atoms with Gasteiger partial charge in [-0.25, -0.2) is 18.7 Å². The van der Waals surface area contributed by atoms with E-state index in [1.54, 1.807) is 25.2 Å². The van der Waals surface area contributed by atoms with Crippen molar-refractivity contribution in [3.8, 4) is 0 Å². The average molecular weight is 492 g/mol. The summed E-state index contributed by atoms with van der Waals surface area (Å²) >= 11 is 0. The van der Waals surface area contributed by atoms with E-state index in [1.807, 2.05) is 9.62 Å². The number of nitrogens with zero attached hydrogens (tertiary/aromatic N) is 4. The predicted octanol–water partition coefficient (Wildman–Crippen LogP) is 3.71. The second kappa shape index (κ2) is 9.59. The van der Waals surface area contributed by atoms with Gasteiger partial charge in [-0.1, -0.05) is 24.3 Å². The molecule has 0 bridgehead atoms. The minimum absolute atomic E-state index is 0.0174. The lowest BCUT2D eigenvalue weighted by molar-refractivity contribution is 0.320. The summed E-state index contributed by atoms with van der Waals surface area (Å²) in [5.41, 5.74) is 1.19. The van der Waals surface area contributed by atoms with Crippen LogP contribution in [0.1, 0.15) is 17.5 Å². The highest BCUT2D eigenvalue weighted by Crippen LogP contribution is 2.29. The van der Waals surface area contributed by atoms with E-state index in [9.17, 15) is 17.2 Å². The fraction of sp³-hybridized carbons (Fsp3) is 0.304. The molecule has 7 nitrogen and oxygen atoms in total. The third-order valence-electron chi connectivity index (χ3n) is 5.94. The van der Waals surface area contributed by atoms with Crippen molar-refractivity contribution in [1.82, 2.24) is 14.9 Å². The lowest BCUT2D eigenvalue weighted by Gasteiger charge is -2.28. The van der Waals surface area contributed by atoms with E-state index in [-0.39, 0.29) is 23.2 Å². The molecule has 1 aliphatic heterocycles. The molecule has 1 atom stereocenters. The van der Waals surface area contributed by atoms with Gasteiger partial charge in [-0.3, -0.25) is 9.62 Å². The normalized spacial score (nSPS) is 16.6. The Morgan fingerprint density at radius 2 is 1.91 bits per heavy atom. The lowest BCUT2D eigenvalue weighted by Crippen LogP contribution is -2.35. The molecule has 0 amide bonds. The molecule has 1 fully saturated rings. The van der Waals surface area contributed by atoms with Gasteiger partial charge in [0.25, 0.3) is 10.0 Å². The minimum Gasteiger partial charge on any atom is -0.369 e. The summed E-state index contributed by atoms with van der Waals surface area (Å²) in [4.78, 5) is 11.3. The first-order chi connectivity index (χ1) is 16.2. The van der Waals surface area contributed by atoms with Gasteiger partial charge in [0.2, 0.25) is 11.0 Å². The number of aromatic nitrogens is 2. The van der Waals surface area contributed by atoms with E-state index in [0.717, 1.165) is 19.0 Å². The molecule has 3 aromatic rings. The molecule has 34 heavy (non-hydrogen) atoms. The maximum absolute atomic E-state index is 15.1. The number of halogens is 3. The second-order valence-electron chi connectivity index (χ2n) is 8.22. The summed E-state index contributed by atoms with van der Waals surface area (Å²) in [5.74, 6) is -2.39. The largest absolute Gasteiger partial charge is 0.369 e. The maximum atomic E-state index is 15.1. The number of nitrogens with one attached hydrogen (secondary N) is 1. The van der Waals surface area contributed by atoms with E-state index < -0.39 is 26.8 Å². The number of sulfonamides is 1. The van der Waals surface area contributed by atoms with Gasteiger partial charge in [0.05, 0.1) is 11.9 Å². The molecule has 0 spiro atoms. The predicted molar refractivity (Wildman–Crippen MR) is 122 cm³/mol. The fourth-order valence-corrected chi connectivity index (χ4v) is 5.14. The Morgan fingerprint density at radius 1 is 1.15 bits per heavy atom. The first-order valence-electron chi connectivity index (χ1n) is 10.6. The SMILES string of the molecule is Cc1c(N(C)C2CCN(Cc3ccccc3F)C2)cnc(S(=O)(=O)Nc2cccc(F)n2)c1F. The number of pyridine rings is 2. The fourth-order valence-electron chi connectivity index (χ4n) is 4.08. The zero-order valence-corrected chi connectivity index (χ0v) is 19.5. The van der Waals surface area contributed by atoms with Gasteiger partial charge < -0.3 is 4.90 Å². The number of rotatable bonds is 7. The molecule has 180 valence electrons. The van der Waals surface area contributed by atoms with Crippen LogP contribution >= 0.6 is 0 Å². The van der Waals surface area contributed by atoms with E-state index in [0.29, 0.717) is 24.3 Å². The van der Waals surface area contributed by atoms with Crippen molar-refractivity contribution < 1.29 is 21.6 Å². The molecular weight excluding hydrogens is 467 g/mol. The molecule has 0 saturated carbocycles. The summed E-state index contributed by atoms with van der Waals surface area (Å²) in [7, 11) is -2.62. The van der Waals surface area contributed by atoms with Crippen LogP contribution in [0.25, 0.3) is 0 Å². The average Bonchev–Trinajstić information content (AvgIpc) is 3.25. The van der Waals surface area contributed by atoms with Crippen LogP contribution in [0.4, 0.5) is 24.7 Å². The van der Waals surface area contributed by atoms with Crippen molar-refractivity contribution in [2.24, 2.45) is 0 Å². The van der Waals surface area contributed by atoms with Crippen molar-refractivity contribution in [2.45, 2.75) is 31.0 Å². The number of anilines is 2. The van der Waals surface area contributed by atoms with Crippen LogP contribution < -0.4 is 9.62 Å². The van der Waals surface area contributed by atoms with Gasteiger partial charge in [-0.2, -0.15) is 12.8 Å². The smallest absolute Gasteiger partial charge is 0.283 e. The van der Waals surface area contributed by atoms with Crippen molar-refractivity contribution in [1.29, 1.82) is 0 Å². The molecule has 4 rings (SSSR count). The van der Waals surface area contributed by atoms with Crippen molar-refractivity contribution in [2.75, 3.05) is 29.8 Å². The van der Waals surface area contributed by atoms with E-state index in [4.69, 9.17) is 0 Å². The Kier molecular flexibility index (Phi) is 6.76. The van der Waals surface area contributed by atoms with Crippen molar-refractivity contribution >= 4 is 21.5 Å². The molecule has 1 aliphatic rings. The number of likely N-dealkylation sites (tertiary alicyclic amines) is 1. The van der Waals surface area contributed by atoms with Crippen molar-refractivity contribution in [3.63, 3.8) is 0 Å². The van der Waals surface area contributed by atoms with E-state index in [1.165, 1.54) is 31.3 Å². The number of hydrogen-bond donors (Lipinski definition) is 1. The summed E-state index contributed by atoms with van der Waals surface area (Å²) in [6.45, 7) is 3.34. The topological polar surface area (TPSA) is 78.4 Å². The molecular formula is C23H24F3N5O2S. The van der Waals surface area contributed by atoms with Gasteiger partial charge in [0, 0.05) is 43.9 Å². The minimum atomic E-state index is -4.42. The Hall–Kier alpha value is -3.18. The summed E-state index contributed by atoms with van der Waals surface area (Å²) < 4.78 is 69.7. The van der Waals surface area contributed by atoms with Crippen molar-refractivity contribution in [3.05, 3.63) is 77.4 Å². The molecule has 2 aromatic heterocycles. The van der Waals surface area contributed by atoms with Crippen LogP contribution in [0.5, 0.6) is 0 Å². The Labute approximate surface area is 196 Å². The first kappa shape index (κ1) is 24.0. The standard InChI is InChI=1S/C23H24F3N5O2S/c1-15-19(30(2)17-10-11-31(14-17)13-16-6-3-4-7-18(16)24)12-27-23(22(15)26)34(32,33)29-21-9-5-8-20(25)28-21/h3-9,12,17H,10-11,13-14H2,1-2H3,(H,28,29). The molecule has 3 heterocycles. The maximum Gasteiger partial charge on any atom is 0.283 e. The van der Waals surface area contributed by atoms with Gasteiger partial charge in [-0.05, 0) is 31.5 Å². The quantitative estimate of drug-likeness (QED) is 0.508. The zero-order valence-electron chi connectivity index (χ0n) is 18.7. The summed E-state index contributed by atoms with van der Waals surface area (Å²) in [6, 6.07) is 10.2. The highest BCUT2D eigenvalue weighted by atomic mass is 32.2. The number of likely N-dealkylation sites (N-methyl/N-ethyl adjacent to an activating group) is 1. The number of benzene rings is 1. The monoisotopic (exact) mass is 491 g/mol. The molecule has 1 unspecified atom stereocenters. The molecule has 0 radical (unpaired) electrons. The van der Waals surface area contributed by atoms with Crippen LogP contribution in [0.2, 0.25) is 0 Å². The molecule has 0 aliphatic carbocycles. The second-order valence-corrected chi connectivity index (χ2v) is 9.82. The highest BCUT2D eigenvalue weighted by Gasteiger charge is 2.30. The Bertz CT molecular complexity index is 1310. The van der Waals surface area contributed by atoms with Gasteiger partial charge in [-0.15, -0.1) is 0 Å². The zero-order chi connectivity index (χ0) is 24.5. The van der Waals surface area contributed by atoms with Crippen LogP contribution in [0, 0.1) is 24.5 Å². The molecule has 1 N–H and O–H groups in total. The number of hydrogen-bond acceptors (Lipinski definition) is 6. The van der Waals surface area contributed by atoms with Crippen LogP contribution in [0.15, 0.2) is 53.7 Å². The summed E-state index contributed by atoms with van der Waals surface area (Å²) in [6.07, 6.45) is 2.09. The van der Waals surface area contributed by atoms with Crippen LogP contribution in [-0.4, -0.2) is 49.5 Å². The van der Waals surface area contributed by atoms with E-state index >= 15 is 4.39 Å². The van der Waals surface area contributed by atoms with E-state index in [2.05, 4.69) is 14.9 Å². The van der Waals surface area contributed by atoms with Crippen LogP contribution in [0.3, 0.4) is 0 Å². The van der Waals surface area contributed by atoms with Crippen LogP contribution in [-0.2, 0) is 16.6 Å². The summed E-state index contributed by atoms with van der Waals surface area (Å²) in [5, 5.41) is -0.791. The third kappa shape index (κ3) is 5.00. The highest BCUT2D eigenvalue weighted by molar-refractivity contribution is 7.92. The Morgan fingerprint density at radius 3 is 2.65 bits per heavy atom. The molecule has 11 heteroatoms. The first-order valence-corrected chi connectivity index (χ1v) is 12.1. The van der Waals surface area contributed by atoms with Gasteiger partial charge in [0.15, 0.2) is 5.82 Å².